The quantitative estimate of drug-likeness (QED) is 0.250. The molecule has 8 nitrogen and oxygen atoms in total. The number of methoxy groups -OCH3 is 3. The normalized spacial score (nSPS) is 9.94. The van der Waals surface area contributed by atoms with Crippen LogP contribution in [-0.4, -0.2) is 55.1 Å². The molecule has 0 bridgehead atoms. The molecule has 0 unspecified atom stereocenters. The fourth-order valence-electron chi connectivity index (χ4n) is 3.18. The minimum atomic E-state index is 0.0377. The first-order valence-corrected chi connectivity index (χ1v) is 11.4. The van der Waals surface area contributed by atoms with E-state index in [9.17, 15) is 9.59 Å². The molecule has 0 spiro atoms. The van der Waals surface area contributed by atoms with Gasteiger partial charge in [-0.1, -0.05) is 42.8 Å². The minimum absolute atomic E-state index is 0.0377. The van der Waals surface area contributed by atoms with Crippen LogP contribution in [0.15, 0.2) is 60.9 Å². The number of hydrogen-bond donors (Lipinski definition) is 0. The molecule has 0 saturated carbocycles. The van der Waals surface area contributed by atoms with Crippen LogP contribution in [0.2, 0.25) is 0 Å². The molecule has 0 aliphatic rings. The van der Waals surface area contributed by atoms with Crippen LogP contribution in [0.25, 0.3) is 16.8 Å². The summed E-state index contributed by atoms with van der Waals surface area (Å²) in [7, 11) is 6.45. The molecule has 0 aliphatic carbocycles. The molecule has 2 heterocycles. The summed E-state index contributed by atoms with van der Waals surface area (Å²) in [6, 6.07) is 14.8. The van der Waals surface area contributed by atoms with Crippen molar-refractivity contribution in [1.29, 1.82) is 0 Å². The number of ketones is 1. The van der Waals surface area contributed by atoms with Gasteiger partial charge in [-0.15, -0.1) is 0 Å². The number of carbonyl (C=O) groups is 2. The van der Waals surface area contributed by atoms with E-state index in [0.29, 0.717) is 29.3 Å². The lowest BCUT2D eigenvalue weighted by atomic mass is 10.1. The Balaban J connectivity index is 0.000000316. The zero-order valence-corrected chi connectivity index (χ0v) is 21.6. The Labute approximate surface area is 211 Å². The molecule has 0 amide bonds. The first-order valence-electron chi connectivity index (χ1n) is 11.4. The molecule has 0 saturated heterocycles. The van der Waals surface area contributed by atoms with Gasteiger partial charge in [-0.3, -0.25) is 9.59 Å². The van der Waals surface area contributed by atoms with Crippen LogP contribution in [0, 0.1) is 6.92 Å². The molecule has 2 aromatic heterocycles. The van der Waals surface area contributed by atoms with Crippen molar-refractivity contribution < 1.29 is 23.8 Å². The van der Waals surface area contributed by atoms with E-state index in [1.165, 1.54) is 5.56 Å². The zero-order valence-electron chi connectivity index (χ0n) is 21.6. The van der Waals surface area contributed by atoms with Crippen LogP contribution in [0.5, 0.6) is 11.5 Å². The van der Waals surface area contributed by atoms with Gasteiger partial charge >= 0.3 is 0 Å². The number of aryl methyl sites for hydroxylation is 1. The number of ether oxygens (including phenoxy) is 3. The van der Waals surface area contributed by atoms with E-state index in [0.717, 1.165) is 29.4 Å². The van der Waals surface area contributed by atoms with Crippen LogP contribution < -0.4 is 9.47 Å². The highest BCUT2D eigenvalue weighted by Crippen LogP contribution is 2.32. The summed E-state index contributed by atoms with van der Waals surface area (Å²) in [5, 5.41) is 4.34. The number of rotatable bonds is 7. The number of Topliss-reactive ketones (excluding diaryl/α,β-unsaturated/α-hetero) is 1. The first kappa shape index (κ1) is 28.2. The van der Waals surface area contributed by atoms with Gasteiger partial charge in [0.1, 0.15) is 12.0 Å². The number of fused-ring (bicyclic) bond motifs is 1. The lowest BCUT2D eigenvalue weighted by molar-refractivity contribution is 0.0976. The van der Waals surface area contributed by atoms with Gasteiger partial charge in [-0.2, -0.15) is 5.10 Å². The van der Waals surface area contributed by atoms with Gasteiger partial charge in [0, 0.05) is 50.2 Å². The Morgan fingerprint density at radius 1 is 0.944 bits per heavy atom. The van der Waals surface area contributed by atoms with Gasteiger partial charge in [-0.05, 0) is 31.0 Å². The van der Waals surface area contributed by atoms with Crippen LogP contribution >= 0.6 is 0 Å². The molecular formula is C28H33N3O5. The monoisotopic (exact) mass is 491 g/mol. The van der Waals surface area contributed by atoms with Crippen molar-refractivity contribution in [2.75, 3.05) is 28.4 Å². The average Bonchev–Trinajstić information content (AvgIpc) is 3.33. The van der Waals surface area contributed by atoms with Crippen molar-refractivity contribution in [3.63, 3.8) is 0 Å². The van der Waals surface area contributed by atoms with E-state index < -0.39 is 0 Å². The Bertz CT molecular complexity index is 1270. The second kappa shape index (κ2) is 14.4. The molecule has 0 N–H and O–H groups in total. The molecule has 36 heavy (non-hydrogen) atoms. The van der Waals surface area contributed by atoms with Crippen molar-refractivity contribution in [2.24, 2.45) is 0 Å². The molecule has 0 radical (unpaired) electrons. The smallest absolute Gasteiger partial charge is 0.183 e. The summed E-state index contributed by atoms with van der Waals surface area (Å²) >= 11 is 0. The predicted octanol–water partition coefficient (Wildman–Crippen LogP) is 5.47. The number of aromatic nitrogens is 3. The van der Waals surface area contributed by atoms with Gasteiger partial charge in [0.25, 0.3) is 0 Å². The van der Waals surface area contributed by atoms with Crippen molar-refractivity contribution >= 4 is 17.7 Å². The Hall–Kier alpha value is -4.04. The lowest BCUT2D eigenvalue weighted by Gasteiger charge is -2.09. The van der Waals surface area contributed by atoms with Gasteiger partial charge < -0.3 is 14.2 Å². The second-order valence-corrected chi connectivity index (χ2v) is 7.85. The maximum Gasteiger partial charge on any atom is 0.183 e. The predicted molar refractivity (Wildman–Crippen MR) is 140 cm³/mol. The highest BCUT2D eigenvalue weighted by molar-refractivity contribution is 5.95. The Morgan fingerprint density at radius 3 is 2.19 bits per heavy atom. The fraction of sp³-hybridized carbons (Fsp3) is 0.286. The minimum Gasteiger partial charge on any atom is -0.493 e. The highest BCUT2D eigenvalue weighted by Gasteiger charge is 2.12. The van der Waals surface area contributed by atoms with E-state index in [4.69, 9.17) is 9.47 Å². The largest absolute Gasteiger partial charge is 0.493 e. The maximum absolute atomic E-state index is 12.0. The summed E-state index contributed by atoms with van der Waals surface area (Å²) in [5.41, 5.74) is 4.83. The van der Waals surface area contributed by atoms with Gasteiger partial charge in [0.2, 0.25) is 0 Å². The van der Waals surface area contributed by atoms with E-state index in [1.54, 1.807) is 45.2 Å². The fourth-order valence-corrected chi connectivity index (χ4v) is 3.18. The molecule has 0 atom stereocenters. The third-order valence-corrected chi connectivity index (χ3v) is 5.01. The number of benzene rings is 2. The Kier molecular flexibility index (Phi) is 11.3. The van der Waals surface area contributed by atoms with E-state index in [2.05, 4.69) is 14.8 Å². The number of carbonyl (C=O) groups excluding carboxylic acids is 2. The van der Waals surface area contributed by atoms with Crippen LogP contribution in [0.1, 0.15) is 46.2 Å². The van der Waals surface area contributed by atoms with Crippen LogP contribution in [-0.2, 0) is 4.74 Å². The summed E-state index contributed by atoms with van der Waals surface area (Å²) in [4.78, 5) is 26.5. The van der Waals surface area contributed by atoms with Crippen molar-refractivity contribution in [1.82, 2.24) is 14.6 Å². The van der Waals surface area contributed by atoms with Crippen molar-refractivity contribution in [3.05, 3.63) is 77.7 Å². The van der Waals surface area contributed by atoms with E-state index >= 15 is 0 Å². The second-order valence-electron chi connectivity index (χ2n) is 7.85. The molecule has 0 fully saturated rings. The molecule has 4 aromatic rings. The van der Waals surface area contributed by atoms with E-state index in [1.807, 2.05) is 62.5 Å². The summed E-state index contributed by atoms with van der Waals surface area (Å²) in [6.45, 7) is 3.97. The maximum atomic E-state index is 12.0. The molecular weight excluding hydrogens is 458 g/mol. The summed E-state index contributed by atoms with van der Waals surface area (Å²) in [5.74, 6) is 1.35. The lowest BCUT2D eigenvalue weighted by Crippen LogP contribution is -1.99. The number of nitrogens with zero attached hydrogens (tertiary/aromatic N) is 3. The van der Waals surface area contributed by atoms with Crippen molar-refractivity contribution in [2.45, 2.75) is 26.7 Å². The molecule has 0 aliphatic heterocycles. The standard InChI is InChI=1S/C18H19N3O3.C8H8O.C2H6O/c1-4-5-15(22)14-9-18-19-10-13(11-21(18)20-14)12-6-7-16(23-2)17(8-12)24-3;1-7-2-4-8(6-9)5-3-7;1-3-2/h6-11H,4-5H2,1-3H3;2-6H,1H3;1-2H3. The Morgan fingerprint density at radius 2 is 1.61 bits per heavy atom. The highest BCUT2D eigenvalue weighted by atomic mass is 16.5. The van der Waals surface area contributed by atoms with Crippen LogP contribution in [0.4, 0.5) is 0 Å². The summed E-state index contributed by atoms with van der Waals surface area (Å²) < 4.78 is 16.5. The van der Waals surface area contributed by atoms with Crippen molar-refractivity contribution in [3.8, 4) is 22.6 Å². The summed E-state index contributed by atoms with van der Waals surface area (Å²) in [6.07, 6.45) is 5.75. The number of hydrogen-bond acceptors (Lipinski definition) is 7. The first-order chi connectivity index (χ1) is 17.4. The third-order valence-electron chi connectivity index (χ3n) is 5.01. The number of aldehydes is 1. The van der Waals surface area contributed by atoms with Crippen LogP contribution in [0.3, 0.4) is 0 Å². The van der Waals surface area contributed by atoms with Gasteiger partial charge in [0.05, 0.1) is 14.2 Å². The molecule has 4 rings (SSSR count). The third kappa shape index (κ3) is 7.74. The molecule has 8 heteroatoms. The van der Waals surface area contributed by atoms with Gasteiger partial charge in [0.15, 0.2) is 22.9 Å². The molecule has 190 valence electrons. The topological polar surface area (TPSA) is 92.0 Å². The zero-order chi connectivity index (χ0) is 26.5. The SMILES string of the molecule is CCCC(=O)c1cc2ncc(-c3ccc(OC)c(OC)c3)cn2n1.COC.Cc1ccc(C=O)cc1. The van der Waals surface area contributed by atoms with E-state index in [-0.39, 0.29) is 5.78 Å². The average molecular weight is 492 g/mol. The molecule has 2 aromatic carbocycles. The van der Waals surface area contributed by atoms with Gasteiger partial charge in [-0.25, -0.2) is 9.50 Å².